The van der Waals surface area contributed by atoms with Gasteiger partial charge < -0.3 is 15.0 Å². The number of amides is 1. The van der Waals surface area contributed by atoms with Gasteiger partial charge in [0.25, 0.3) is 0 Å². The van der Waals surface area contributed by atoms with Crippen LogP contribution in [0.1, 0.15) is 6.42 Å². The highest BCUT2D eigenvalue weighted by atomic mass is 16.5. The van der Waals surface area contributed by atoms with E-state index in [9.17, 15) is 4.79 Å². The quantitative estimate of drug-likeness (QED) is 0.786. The Hall–Kier alpha value is -1.55. The number of carbonyl (C=O) groups is 1. The topological polar surface area (TPSA) is 41.6 Å². The molecule has 0 saturated carbocycles. The van der Waals surface area contributed by atoms with E-state index in [0.29, 0.717) is 13.2 Å². The van der Waals surface area contributed by atoms with Crippen molar-refractivity contribution in [1.82, 2.24) is 5.32 Å². The third-order valence-electron chi connectivity index (χ3n) is 3.40. The summed E-state index contributed by atoms with van der Waals surface area (Å²) in [6.45, 7) is 3.00. The molecule has 0 radical (unpaired) electrons. The van der Waals surface area contributed by atoms with Gasteiger partial charge in [-0.25, -0.2) is 0 Å². The number of ether oxygens (including phenoxy) is 1. The second-order valence-electron chi connectivity index (χ2n) is 4.50. The number of nitrogens with zero attached hydrogens (tertiary/aromatic N) is 1. The number of hydrogen-bond acceptors (Lipinski definition) is 3. The molecule has 3 rings (SSSR count). The van der Waals surface area contributed by atoms with Crippen LogP contribution in [0.3, 0.4) is 0 Å². The minimum absolute atomic E-state index is 0.126. The molecule has 1 unspecified atom stereocenters. The largest absolute Gasteiger partial charge is 0.490 e. The minimum Gasteiger partial charge on any atom is -0.490 e. The zero-order valence-electron chi connectivity index (χ0n) is 9.69. The van der Waals surface area contributed by atoms with Crippen molar-refractivity contribution in [2.45, 2.75) is 6.42 Å². The highest BCUT2D eigenvalue weighted by Gasteiger charge is 2.30. The zero-order valence-corrected chi connectivity index (χ0v) is 9.69. The number of benzene rings is 1. The normalized spacial score (nSPS) is 23.1. The first-order valence-corrected chi connectivity index (χ1v) is 6.10. The first-order valence-electron chi connectivity index (χ1n) is 6.10. The first-order chi connectivity index (χ1) is 8.36. The summed E-state index contributed by atoms with van der Waals surface area (Å²) in [5, 5.41) is 3.24. The van der Waals surface area contributed by atoms with Crippen molar-refractivity contribution in [2.24, 2.45) is 5.92 Å². The Morgan fingerprint density at radius 3 is 3.12 bits per heavy atom. The smallest absolute Gasteiger partial charge is 0.231 e. The second-order valence-corrected chi connectivity index (χ2v) is 4.50. The Bertz CT molecular complexity index is 427. The van der Waals surface area contributed by atoms with Crippen LogP contribution < -0.4 is 15.0 Å². The van der Waals surface area contributed by atoms with Crippen molar-refractivity contribution in [2.75, 3.05) is 31.1 Å². The summed E-state index contributed by atoms with van der Waals surface area (Å²) in [7, 11) is 0. The number of nitrogens with one attached hydrogen (secondary N) is 1. The predicted octanol–water partition coefficient (Wildman–Crippen LogP) is 1.02. The van der Waals surface area contributed by atoms with Gasteiger partial charge in [-0.05, 0) is 25.1 Å². The van der Waals surface area contributed by atoms with Crippen molar-refractivity contribution in [3.8, 4) is 5.75 Å². The van der Waals surface area contributed by atoms with E-state index in [1.165, 1.54) is 0 Å². The fourth-order valence-electron chi connectivity index (χ4n) is 2.48. The van der Waals surface area contributed by atoms with Crippen LogP contribution in [0, 0.1) is 5.92 Å². The summed E-state index contributed by atoms with van der Waals surface area (Å²) in [6, 6.07) is 7.75. The molecule has 1 fully saturated rings. The molecule has 1 atom stereocenters. The third kappa shape index (κ3) is 1.89. The summed E-state index contributed by atoms with van der Waals surface area (Å²) in [5.74, 6) is 1.17. The molecule has 0 bridgehead atoms. The molecule has 1 amide bonds. The molecule has 1 N–H and O–H groups in total. The van der Waals surface area contributed by atoms with Crippen LogP contribution in [0.5, 0.6) is 5.75 Å². The average molecular weight is 232 g/mol. The SMILES string of the molecule is O=C(C1CCNC1)N1CCOc2ccccc21. The summed E-state index contributed by atoms with van der Waals surface area (Å²) in [4.78, 5) is 14.3. The Labute approximate surface area is 101 Å². The van der Waals surface area contributed by atoms with Gasteiger partial charge in [-0.3, -0.25) is 4.79 Å². The second kappa shape index (κ2) is 4.37. The van der Waals surface area contributed by atoms with Gasteiger partial charge in [0.2, 0.25) is 5.91 Å². The van der Waals surface area contributed by atoms with E-state index >= 15 is 0 Å². The number of para-hydroxylation sites is 2. The van der Waals surface area contributed by atoms with Gasteiger partial charge in [0.1, 0.15) is 12.4 Å². The van der Waals surface area contributed by atoms with Gasteiger partial charge in [0.15, 0.2) is 0 Å². The zero-order chi connectivity index (χ0) is 11.7. The van der Waals surface area contributed by atoms with Crippen molar-refractivity contribution in [1.29, 1.82) is 0 Å². The van der Waals surface area contributed by atoms with Crippen molar-refractivity contribution >= 4 is 11.6 Å². The van der Waals surface area contributed by atoms with Crippen LogP contribution in [0.25, 0.3) is 0 Å². The molecule has 0 aromatic heterocycles. The lowest BCUT2D eigenvalue weighted by atomic mass is 10.1. The van der Waals surface area contributed by atoms with E-state index < -0.39 is 0 Å². The van der Waals surface area contributed by atoms with Gasteiger partial charge in [0.05, 0.1) is 18.2 Å². The monoisotopic (exact) mass is 232 g/mol. The van der Waals surface area contributed by atoms with E-state index in [1.54, 1.807) is 0 Å². The van der Waals surface area contributed by atoms with E-state index in [0.717, 1.165) is 30.9 Å². The number of anilines is 1. The molecular weight excluding hydrogens is 216 g/mol. The maximum Gasteiger partial charge on any atom is 0.231 e. The van der Waals surface area contributed by atoms with Crippen LogP contribution >= 0.6 is 0 Å². The maximum atomic E-state index is 12.4. The molecular formula is C13H16N2O2. The Morgan fingerprint density at radius 2 is 2.29 bits per heavy atom. The van der Waals surface area contributed by atoms with Gasteiger partial charge in [-0.2, -0.15) is 0 Å². The highest BCUT2D eigenvalue weighted by Crippen LogP contribution is 2.32. The molecule has 17 heavy (non-hydrogen) atoms. The minimum atomic E-state index is 0.126. The molecule has 1 aromatic rings. The Morgan fingerprint density at radius 1 is 1.41 bits per heavy atom. The summed E-state index contributed by atoms with van der Waals surface area (Å²) in [5.41, 5.74) is 0.913. The fourth-order valence-corrected chi connectivity index (χ4v) is 2.48. The van der Waals surface area contributed by atoms with E-state index in [-0.39, 0.29) is 11.8 Å². The van der Waals surface area contributed by atoms with E-state index in [4.69, 9.17) is 4.74 Å². The molecule has 2 heterocycles. The van der Waals surface area contributed by atoms with Crippen molar-refractivity contribution in [3.05, 3.63) is 24.3 Å². The molecule has 90 valence electrons. The lowest BCUT2D eigenvalue weighted by Gasteiger charge is -2.31. The fraction of sp³-hybridized carbons (Fsp3) is 0.462. The Kier molecular flexibility index (Phi) is 2.73. The van der Waals surface area contributed by atoms with Crippen LogP contribution in [-0.4, -0.2) is 32.1 Å². The standard InChI is InChI=1S/C13H16N2O2/c16-13(10-5-6-14-9-10)15-7-8-17-12-4-2-1-3-11(12)15/h1-4,10,14H,5-9H2. The van der Waals surface area contributed by atoms with E-state index in [1.807, 2.05) is 29.2 Å². The predicted molar refractivity (Wildman–Crippen MR) is 65.3 cm³/mol. The maximum absolute atomic E-state index is 12.4. The van der Waals surface area contributed by atoms with E-state index in [2.05, 4.69) is 5.32 Å². The number of hydrogen-bond donors (Lipinski definition) is 1. The van der Waals surface area contributed by atoms with Crippen LogP contribution in [0.4, 0.5) is 5.69 Å². The molecule has 0 spiro atoms. The number of fused-ring (bicyclic) bond motifs is 1. The van der Waals surface area contributed by atoms with Gasteiger partial charge >= 0.3 is 0 Å². The van der Waals surface area contributed by atoms with Crippen molar-refractivity contribution in [3.63, 3.8) is 0 Å². The summed E-state index contributed by atoms with van der Waals surface area (Å²) < 4.78 is 5.56. The molecule has 1 aromatic carbocycles. The lowest BCUT2D eigenvalue weighted by molar-refractivity contribution is -0.122. The molecule has 4 heteroatoms. The van der Waals surface area contributed by atoms with Gasteiger partial charge in [0, 0.05) is 6.54 Å². The first kappa shape index (κ1) is 10.6. The molecule has 2 aliphatic rings. The highest BCUT2D eigenvalue weighted by molar-refractivity contribution is 5.97. The lowest BCUT2D eigenvalue weighted by Crippen LogP contribution is -2.42. The molecule has 2 aliphatic heterocycles. The van der Waals surface area contributed by atoms with Gasteiger partial charge in [-0.15, -0.1) is 0 Å². The average Bonchev–Trinajstić information content (AvgIpc) is 2.91. The van der Waals surface area contributed by atoms with Gasteiger partial charge in [-0.1, -0.05) is 12.1 Å². The summed E-state index contributed by atoms with van der Waals surface area (Å²) >= 11 is 0. The third-order valence-corrected chi connectivity index (χ3v) is 3.40. The van der Waals surface area contributed by atoms with Crippen LogP contribution in [-0.2, 0) is 4.79 Å². The van der Waals surface area contributed by atoms with Crippen LogP contribution in [0.15, 0.2) is 24.3 Å². The summed E-state index contributed by atoms with van der Waals surface area (Å²) in [6.07, 6.45) is 0.943. The number of carbonyl (C=O) groups excluding carboxylic acids is 1. The van der Waals surface area contributed by atoms with Crippen molar-refractivity contribution < 1.29 is 9.53 Å². The molecule has 1 saturated heterocycles. The molecule has 4 nitrogen and oxygen atoms in total. The number of rotatable bonds is 1. The Balaban J connectivity index is 1.86. The van der Waals surface area contributed by atoms with Crippen LogP contribution in [0.2, 0.25) is 0 Å². The molecule has 0 aliphatic carbocycles.